The SMILES string of the molecule is [C-]#[N+]c1ccc2c(c1)c1ccccc1n2-c1cccc(-c2cccc([Si](c3ccccc3)(c3ccccc3)c3ccc(C#N)cc3)c2)c1. The molecule has 0 fully saturated rings. The van der Waals surface area contributed by atoms with Crippen molar-refractivity contribution >= 4 is 56.3 Å². The highest BCUT2D eigenvalue weighted by Gasteiger charge is 2.41. The van der Waals surface area contributed by atoms with Crippen LogP contribution in [-0.2, 0) is 0 Å². The number of para-hydroxylation sites is 1. The summed E-state index contributed by atoms with van der Waals surface area (Å²) >= 11 is 0. The minimum absolute atomic E-state index is 0.641. The zero-order valence-corrected chi connectivity index (χ0v) is 27.1. The summed E-state index contributed by atoms with van der Waals surface area (Å²) in [7, 11) is -2.79. The summed E-state index contributed by atoms with van der Waals surface area (Å²) in [4.78, 5) is 3.70. The number of aromatic nitrogens is 1. The molecular formula is C44H29N3Si. The van der Waals surface area contributed by atoms with E-state index in [1.54, 1.807) is 0 Å². The molecule has 0 saturated carbocycles. The molecular weight excluding hydrogens is 599 g/mol. The van der Waals surface area contributed by atoms with Crippen molar-refractivity contribution in [2.75, 3.05) is 0 Å². The Kier molecular flexibility index (Phi) is 7.27. The van der Waals surface area contributed by atoms with Crippen LogP contribution in [0, 0.1) is 17.9 Å². The fraction of sp³-hybridized carbons (Fsp3) is 0. The van der Waals surface area contributed by atoms with Crippen molar-refractivity contribution in [1.82, 2.24) is 4.57 Å². The second-order valence-electron chi connectivity index (χ2n) is 12.0. The second kappa shape index (κ2) is 12.0. The van der Waals surface area contributed by atoms with Crippen molar-refractivity contribution in [1.29, 1.82) is 5.26 Å². The van der Waals surface area contributed by atoms with Gasteiger partial charge in [-0.05, 0) is 79.7 Å². The van der Waals surface area contributed by atoms with Crippen LogP contribution in [0.2, 0.25) is 0 Å². The van der Waals surface area contributed by atoms with E-state index in [0.29, 0.717) is 11.3 Å². The Morgan fingerprint density at radius 2 is 1.08 bits per heavy atom. The van der Waals surface area contributed by atoms with Gasteiger partial charge in [-0.2, -0.15) is 5.26 Å². The average molecular weight is 628 g/mol. The molecule has 0 N–H and O–H groups in total. The highest BCUT2D eigenvalue weighted by Crippen LogP contribution is 2.35. The molecule has 0 radical (unpaired) electrons. The zero-order chi connectivity index (χ0) is 32.5. The normalized spacial score (nSPS) is 11.3. The Hall–Kier alpha value is -6.46. The van der Waals surface area contributed by atoms with E-state index in [0.717, 1.165) is 38.6 Å². The van der Waals surface area contributed by atoms with E-state index in [9.17, 15) is 5.26 Å². The van der Waals surface area contributed by atoms with Gasteiger partial charge in [0, 0.05) is 11.1 Å². The maximum atomic E-state index is 9.62. The highest BCUT2D eigenvalue weighted by atomic mass is 28.3. The predicted molar refractivity (Wildman–Crippen MR) is 201 cm³/mol. The molecule has 0 spiro atoms. The van der Waals surface area contributed by atoms with Gasteiger partial charge in [0.2, 0.25) is 0 Å². The number of hydrogen-bond acceptors (Lipinski definition) is 1. The molecule has 224 valence electrons. The lowest BCUT2D eigenvalue weighted by Crippen LogP contribution is -2.74. The molecule has 7 aromatic carbocycles. The molecule has 0 aliphatic heterocycles. The Balaban J connectivity index is 1.34. The van der Waals surface area contributed by atoms with Crippen LogP contribution >= 0.6 is 0 Å². The summed E-state index contributed by atoms with van der Waals surface area (Å²) in [6.45, 7) is 7.57. The van der Waals surface area contributed by atoms with Gasteiger partial charge in [-0.15, -0.1) is 0 Å². The molecule has 1 aromatic heterocycles. The van der Waals surface area contributed by atoms with Gasteiger partial charge in [-0.25, -0.2) is 4.85 Å². The first-order valence-corrected chi connectivity index (χ1v) is 17.9. The lowest BCUT2D eigenvalue weighted by molar-refractivity contribution is 1.18. The second-order valence-corrected chi connectivity index (χ2v) is 15.8. The first-order chi connectivity index (χ1) is 23.7. The van der Waals surface area contributed by atoms with Gasteiger partial charge in [0.1, 0.15) is 0 Å². The van der Waals surface area contributed by atoms with Crippen LogP contribution < -0.4 is 20.7 Å². The van der Waals surface area contributed by atoms with E-state index >= 15 is 0 Å². The van der Waals surface area contributed by atoms with Crippen LogP contribution in [0.1, 0.15) is 5.56 Å². The fourth-order valence-electron chi connectivity index (χ4n) is 7.24. The summed E-state index contributed by atoms with van der Waals surface area (Å²) in [5.74, 6) is 0. The number of fused-ring (bicyclic) bond motifs is 3. The molecule has 0 aliphatic carbocycles. The Morgan fingerprint density at radius 3 is 1.77 bits per heavy atom. The third kappa shape index (κ3) is 4.72. The minimum Gasteiger partial charge on any atom is -0.309 e. The summed E-state index contributed by atoms with van der Waals surface area (Å²) in [6.07, 6.45) is 0. The molecule has 4 heteroatoms. The highest BCUT2D eigenvalue weighted by molar-refractivity contribution is 7.19. The summed E-state index contributed by atoms with van der Waals surface area (Å²) in [5.41, 5.74) is 6.83. The van der Waals surface area contributed by atoms with E-state index in [-0.39, 0.29) is 0 Å². The largest absolute Gasteiger partial charge is 0.309 e. The van der Waals surface area contributed by atoms with Crippen LogP contribution in [0.4, 0.5) is 5.69 Å². The van der Waals surface area contributed by atoms with Gasteiger partial charge in [-0.1, -0.05) is 133 Å². The van der Waals surface area contributed by atoms with Crippen LogP contribution in [0.25, 0.3) is 43.5 Å². The van der Waals surface area contributed by atoms with Gasteiger partial charge in [0.25, 0.3) is 0 Å². The van der Waals surface area contributed by atoms with Gasteiger partial charge >= 0.3 is 0 Å². The molecule has 0 aliphatic rings. The summed E-state index contributed by atoms with van der Waals surface area (Å²) < 4.78 is 2.30. The standard InChI is InChI=1S/C44H29N3Si/c1-46-35-24-27-44-42(30-35)41-20-8-9-21-43(41)47(44)36-14-10-12-33(28-36)34-13-11-19-40(29-34)48(37-15-4-2-5-16-37,38-17-6-3-7-18-38)39-25-22-32(31-45)23-26-39/h2-30H. The quantitative estimate of drug-likeness (QED) is 0.104. The van der Waals surface area contributed by atoms with E-state index in [4.69, 9.17) is 6.57 Å². The Bertz CT molecular complexity index is 2480. The first-order valence-electron chi connectivity index (χ1n) is 15.9. The maximum absolute atomic E-state index is 9.62. The predicted octanol–water partition coefficient (Wildman–Crippen LogP) is 8.25. The molecule has 48 heavy (non-hydrogen) atoms. The summed E-state index contributed by atoms with van der Waals surface area (Å²) in [5, 5.41) is 16.9. The number of benzene rings is 7. The first kappa shape index (κ1) is 29.0. The molecule has 3 nitrogen and oxygen atoms in total. The molecule has 0 bridgehead atoms. The van der Waals surface area contributed by atoms with Crippen molar-refractivity contribution in [3.05, 3.63) is 193 Å². The average Bonchev–Trinajstić information content (AvgIpc) is 3.50. The molecule has 0 atom stereocenters. The number of nitriles is 1. The third-order valence-electron chi connectivity index (χ3n) is 9.38. The lowest BCUT2D eigenvalue weighted by Gasteiger charge is -2.34. The van der Waals surface area contributed by atoms with Crippen LogP contribution in [0.5, 0.6) is 0 Å². The molecule has 8 rings (SSSR count). The summed E-state index contributed by atoms with van der Waals surface area (Å²) in [6, 6.07) is 64.3. The van der Waals surface area contributed by atoms with Crippen molar-refractivity contribution < 1.29 is 0 Å². The molecule has 0 unspecified atom stereocenters. The van der Waals surface area contributed by atoms with Crippen molar-refractivity contribution in [3.63, 3.8) is 0 Å². The topological polar surface area (TPSA) is 33.1 Å². The number of nitrogens with zero attached hydrogens (tertiary/aromatic N) is 3. The zero-order valence-electron chi connectivity index (χ0n) is 26.1. The molecule has 1 heterocycles. The molecule has 0 saturated heterocycles. The fourth-order valence-corrected chi connectivity index (χ4v) is 12.0. The van der Waals surface area contributed by atoms with E-state index in [2.05, 4.69) is 167 Å². The smallest absolute Gasteiger partial charge is 0.188 e. The Morgan fingerprint density at radius 1 is 0.500 bits per heavy atom. The Labute approximate surface area is 281 Å². The molecule has 0 amide bonds. The monoisotopic (exact) mass is 627 g/mol. The van der Waals surface area contributed by atoms with E-state index in [1.807, 2.05) is 24.3 Å². The third-order valence-corrected chi connectivity index (χ3v) is 14.2. The molecule has 8 aromatic rings. The minimum atomic E-state index is -2.79. The van der Waals surface area contributed by atoms with E-state index in [1.165, 1.54) is 20.7 Å². The lowest BCUT2D eigenvalue weighted by atomic mass is 10.1. The van der Waals surface area contributed by atoms with Crippen molar-refractivity contribution in [3.8, 4) is 22.9 Å². The number of hydrogen-bond donors (Lipinski definition) is 0. The van der Waals surface area contributed by atoms with Crippen LogP contribution in [-0.4, -0.2) is 12.6 Å². The van der Waals surface area contributed by atoms with Gasteiger partial charge in [0.05, 0.1) is 29.2 Å². The van der Waals surface area contributed by atoms with E-state index < -0.39 is 8.07 Å². The van der Waals surface area contributed by atoms with Crippen molar-refractivity contribution in [2.45, 2.75) is 0 Å². The number of rotatable bonds is 6. The van der Waals surface area contributed by atoms with Crippen LogP contribution in [0.3, 0.4) is 0 Å². The van der Waals surface area contributed by atoms with Gasteiger partial charge in [0.15, 0.2) is 13.8 Å². The maximum Gasteiger partial charge on any atom is 0.188 e. The van der Waals surface area contributed by atoms with Gasteiger partial charge < -0.3 is 4.57 Å². The van der Waals surface area contributed by atoms with Gasteiger partial charge in [-0.3, -0.25) is 0 Å². The van der Waals surface area contributed by atoms with Crippen LogP contribution in [0.15, 0.2) is 176 Å². The van der Waals surface area contributed by atoms with Crippen molar-refractivity contribution in [2.24, 2.45) is 0 Å².